The molecule has 126 valence electrons. The molecule has 0 unspecified atom stereocenters. The van der Waals surface area contributed by atoms with Crippen LogP contribution in [0.25, 0.3) is 6.08 Å². The highest BCUT2D eigenvalue weighted by Gasteiger charge is 2.33. The Kier molecular flexibility index (Phi) is 5.22. The van der Waals surface area contributed by atoms with Gasteiger partial charge in [-0.1, -0.05) is 38.1 Å². The number of halogens is 3. The lowest BCUT2D eigenvalue weighted by molar-refractivity contribution is -0.137. The zero-order valence-corrected chi connectivity index (χ0v) is 13.7. The summed E-state index contributed by atoms with van der Waals surface area (Å²) >= 11 is 0. The second-order valence-corrected chi connectivity index (χ2v) is 5.87. The molecule has 0 radical (unpaired) electrons. The van der Waals surface area contributed by atoms with Crippen molar-refractivity contribution in [1.82, 2.24) is 4.98 Å². The Morgan fingerprint density at radius 1 is 1.21 bits per heavy atom. The fourth-order valence-electron chi connectivity index (χ4n) is 2.31. The molecule has 0 N–H and O–H groups in total. The number of hydrogen-bond donors (Lipinski definition) is 0. The molecular weight excluding hydrogens is 315 g/mol. The van der Waals surface area contributed by atoms with Crippen molar-refractivity contribution in [3.63, 3.8) is 0 Å². The molecule has 0 saturated carbocycles. The molecule has 0 bridgehead atoms. The highest BCUT2D eigenvalue weighted by molar-refractivity contribution is 6.06. The van der Waals surface area contributed by atoms with E-state index in [-0.39, 0.29) is 17.2 Å². The number of aryl methyl sites for hydroxylation is 1. The van der Waals surface area contributed by atoms with E-state index in [9.17, 15) is 18.0 Å². The van der Waals surface area contributed by atoms with Gasteiger partial charge in [-0.05, 0) is 47.7 Å². The normalized spacial score (nSPS) is 12.1. The average molecular weight is 333 g/mol. The van der Waals surface area contributed by atoms with Gasteiger partial charge in [0.2, 0.25) is 5.78 Å². The molecule has 1 aromatic carbocycles. The van der Waals surface area contributed by atoms with Gasteiger partial charge in [0.05, 0.1) is 5.56 Å². The van der Waals surface area contributed by atoms with E-state index >= 15 is 0 Å². The molecule has 0 spiro atoms. The summed E-state index contributed by atoms with van der Waals surface area (Å²) in [5.74, 6) is -0.434. The first-order valence-electron chi connectivity index (χ1n) is 7.55. The Morgan fingerprint density at radius 3 is 2.50 bits per heavy atom. The second kappa shape index (κ2) is 6.99. The third-order valence-corrected chi connectivity index (χ3v) is 3.71. The van der Waals surface area contributed by atoms with E-state index in [1.165, 1.54) is 18.3 Å². The van der Waals surface area contributed by atoms with E-state index < -0.39 is 17.5 Å². The van der Waals surface area contributed by atoms with Gasteiger partial charge in [0.15, 0.2) is 0 Å². The number of alkyl halides is 3. The first-order chi connectivity index (χ1) is 11.2. The Morgan fingerprint density at radius 2 is 1.92 bits per heavy atom. The summed E-state index contributed by atoms with van der Waals surface area (Å²) in [6.07, 6.45) is -0.667. The zero-order valence-electron chi connectivity index (χ0n) is 13.7. The molecule has 1 heterocycles. The van der Waals surface area contributed by atoms with Crippen molar-refractivity contribution in [3.8, 4) is 0 Å². The molecule has 5 heteroatoms. The number of allylic oxidation sites excluding steroid dienone is 1. The fourth-order valence-corrected chi connectivity index (χ4v) is 2.31. The number of ketones is 1. The number of aromatic nitrogens is 1. The van der Waals surface area contributed by atoms with E-state index in [0.717, 1.165) is 12.1 Å². The minimum Gasteiger partial charge on any atom is -0.288 e. The largest absolute Gasteiger partial charge is 0.416 e. The monoisotopic (exact) mass is 333 g/mol. The third-order valence-electron chi connectivity index (χ3n) is 3.71. The summed E-state index contributed by atoms with van der Waals surface area (Å²) in [7, 11) is 0. The van der Waals surface area contributed by atoms with Gasteiger partial charge in [-0.2, -0.15) is 13.2 Å². The first-order valence-corrected chi connectivity index (χ1v) is 7.55. The van der Waals surface area contributed by atoms with Crippen molar-refractivity contribution in [3.05, 3.63) is 70.6 Å². The van der Waals surface area contributed by atoms with Crippen LogP contribution < -0.4 is 0 Å². The van der Waals surface area contributed by atoms with Crippen LogP contribution in [0.1, 0.15) is 52.5 Å². The van der Waals surface area contributed by atoms with Crippen LogP contribution in [0.2, 0.25) is 0 Å². The van der Waals surface area contributed by atoms with E-state index in [2.05, 4.69) is 4.98 Å². The van der Waals surface area contributed by atoms with Crippen molar-refractivity contribution in [2.45, 2.75) is 32.9 Å². The SMILES string of the molecule is Cc1cccnc1C(=O)C=Cc1ccc(C(C)C)cc1C(F)(F)F. The number of carbonyl (C=O) groups is 1. The zero-order chi connectivity index (χ0) is 17.9. The highest BCUT2D eigenvalue weighted by atomic mass is 19.4. The number of benzene rings is 1. The Balaban J connectivity index is 2.39. The van der Waals surface area contributed by atoms with Crippen LogP contribution in [-0.4, -0.2) is 10.8 Å². The molecule has 0 aliphatic heterocycles. The molecular formula is C19H18F3NO. The fraction of sp³-hybridized carbons (Fsp3) is 0.263. The smallest absolute Gasteiger partial charge is 0.288 e. The molecule has 0 aliphatic rings. The predicted molar refractivity (Wildman–Crippen MR) is 87.9 cm³/mol. The lowest BCUT2D eigenvalue weighted by Crippen LogP contribution is -2.09. The van der Waals surface area contributed by atoms with Gasteiger partial charge in [-0.25, -0.2) is 0 Å². The molecule has 0 fully saturated rings. The van der Waals surface area contributed by atoms with Crippen LogP contribution >= 0.6 is 0 Å². The summed E-state index contributed by atoms with van der Waals surface area (Å²) in [4.78, 5) is 16.1. The van der Waals surface area contributed by atoms with Crippen LogP contribution in [0, 0.1) is 6.92 Å². The lowest BCUT2D eigenvalue weighted by Gasteiger charge is -2.14. The maximum absolute atomic E-state index is 13.3. The Labute approximate surface area is 139 Å². The minimum absolute atomic E-state index is 0.0121. The summed E-state index contributed by atoms with van der Waals surface area (Å²) in [6.45, 7) is 5.39. The predicted octanol–water partition coefficient (Wildman–Crippen LogP) is 5.43. The van der Waals surface area contributed by atoms with Gasteiger partial charge in [0, 0.05) is 6.20 Å². The summed E-state index contributed by atoms with van der Waals surface area (Å²) in [5, 5.41) is 0. The van der Waals surface area contributed by atoms with E-state index in [0.29, 0.717) is 11.1 Å². The van der Waals surface area contributed by atoms with E-state index in [1.54, 1.807) is 25.1 Å². The van der Waals surface area contributed by atoms with Gasteiger partial charge in [0.1, 0.15) is 5.69 Å². The van der Waals surface area contributed by atoms with Crippen molar-refractivity contribution in [2.24, 2.45) is 0 Å². The van der Waals surface area contributed by atoms with Crippen LogP contribution in [0.3, 0.4) is 0 Å². The second-order valence-electron chi connectivity index (χ2n) is 5.87. The molecule has 2 aromatic rings. The molecule has 1 aromatic heterocycles. The molecule has 0 aliphatic carbocycles. The number of carbonyl (C=O) groups excluding carboxylic acids is 1. The van der Waals surface area contributed by atoms with Gasteiger partial charge in [-0.3, -0.25) is 9.78 Å². The van der Waals surface area contributed by atoms with Gasteiger partial charge >= 0.3 is 6.18 Å². The van der Waals surface area contributed by atoms with Crippen molar-refractivity contribution in [2.75, 3.05) is 0 Å². The van der Waals surface area contributed by atoms with Crippen LogP contribution in [0.5, 0.6) is 0 Å². The average Bonchev–Trinajstić information content (AvgIpc) is 2.52. The molecule has 0 atom stereocenters. The van der Waals surface area contributed by atoms with Crippen LogP contribution in [-0.2, 0) is 6.18 Å². The third kappa shape index (κ3) is 4.10. The minimum atomic E-state index is -4.48. The van der Waals surface area contributed by atoms with Crippen molar-refractivity contribution in [1.29, 1.82) is 0 Å². The number of nitrogens with zero attached hydrogens (tertiary/aromatic N) is 1. The maximum Gasteiger partial charge on any atom is 0.416 e. The molecule has 0 amide bonds. The maximum atomic E-state index is 13.3. The van der Waals surface area contributed by atoms with E-state index in [1.807, 2.05) is 13.8 Å². The summed E-state index contributed by atoms with van der Waals surface area (Å²) in [6, 6.07) is 7.61. The molecule has 24 heavy (non-hydrogen) atoms. The Hall–Kier alpha value is -2.43. The molecule has 0 saturated heterocycles. The van der Waals surface area contributed by atoms with Crippen molar-refractivity contribution < 1.29 is 18.0 Å². The number of hydrogen-bond acceptors (Lipinski definition) is 2. The van der Waals surface area contributed by atoms with Crippen LogP contribution in [0.4, 0.5) is 13.2 Å². The topological polar surface area (TPSA) is 30.0 Å². The molecule has 2 nitrogen and oxygen atoms in total. The first kappa shape index (κ1) is 17.9. The number of rotatable bonds is 4. The molecule has 2 rings (SSSR count). The quantitative estimate of drug-likeness (QED) is 0.552. The van der Waals surface area contributed by atoms with E-state index in [4.69, 9.17) is 0 Å². The van der Waals surface area contributed by atoms with Crippen LogP contribution in [0.15, 0.2) is 42.6 Å². The van der Waals surface area contributed by atoms with Gasteiger partial charge < -0.3 is 0 Å². The summed E-state index contributed by atoms with van der Waals surface area (Å²) < 4.78 is 39.8. The van der Waals surface area contributed by atoms with Crippen molar-refractivity contribution >= 4 is 11.9 Å². The summed E-state index contributed by atoms with van der Waals surface area (Å²) in [5.41, 5.74) is 0.746. The number of pyridine rings is 1. The Bertz CT molecular complexity index is 776. The lowest BCUT2D eigenvalue weighted by atomic mass is 9.96. The standard InChI is InChI=1S/C19H18F3NO/c1-12(2)15-7-6-14(16(11-15)19(20,21)22)8-9-17(24)18-13(3)5-4-10-23-18/h4-12H,1-3H3. The highest BCUT2D eigenvalue weighted by Crippen LogP contribution is 2.34. The van der Waals surface area contributed by atoms with Gasteiger partial charge in [-0.15, -0.1) is 0 Å². The van der Waals surface area contributed by atoms with Gasteiger partial charge in [0.25, 0.3) is 0 Å².